The van der Waals surface area contributed by atoms with Crippen LogP contribution in [0.4, 0.5) is 0 Å². The molecule has 2 atom stereocenters. The molecule has 4 nitrogen and oxygen atoms in total. The molecule has 0 bridgehead atoms. The number of esters is 1. The van der Waals surface area contributed by atoms with Crippen molar-refractivity contribution >= 4 is 5.97 Å². The van der Waals surface area contributed by atoms with Gasteiger partial charge in [0.05, 0.1) is 12.5 Å². The summed E-state index contributed by atoms with van der Waals surface area (Å²) in [6.45, 7) is 15.2. The number of hydrogen-bond acceptors (Lipinski definition) is 4. The van der Waals surface area contributed by atoms with E-state index < -0.39 is 0 Å². The van der Waals surface area contributed by atoms with Crippen LogP contribution in [0.15, 0.2) is 0 Å². The highest BCUT2D eigenvalue weighted by molar-refractivity contribution is 5.72. The largest absolute Gasteiger partial charge is 0.466 e. The van der Waals surface area contributed by atoms with Crippen LogP contribution in [0, 0.1) is 11.8 Å². The van der Waals surface area contributed by atoms with Gasteiger partial charge in [-0.1, -0.05) is 6.92 Å². The Bertz CT molecular complexity index is 299. The van der Waals surface area contributed by atoms with Crippen LogP contribution in [0.2, 0.25) is 0 Å². The summed E-state index contributed by atoms with van der Waals surface area (Å²) in [5, 5.41) is 3.55. The first kappa shape index (κ1) is 17.4. The molecule has 0 aromatic heterocycles. The molecule has 0 radical (unpaired) electrons. The fourth-order valence-corrected chi connectivity index (χ4v) is 2.66. The normalized spacial score (nSPS) is 22.6. The van der Waals surface area contributed by atoms with Gasteiger partial charge in [0, 0.05) is 18.6 Å². The fraction of sp³-hybridized carbons (Fsp3) is 0.938. The zero-order valence-electron chi connectivity index (χ0n) is 13.9. The summed E-state index contributed by atoms with van der Waals surface area (Å²) >= 11 is 0. The quantitative estimate of drug-likeness (QED) is 0.760. The first-order chi connectivity index (χ1) is 9.31. The topological polar surface area (TPSA) is 41.6 Å². The monoisotopic (exact) mass is 284 g/mol. The van der Waals surface area contributed by atoms with Crippen LogP contribution < -0.4 is 5.32 Å². The van der Waals surface area contributed by atoms with Gasteiger partial charge in [-0.15, -0.1) is 0 Å². The second-order valence-electron chi connectivity index (χ2n) is 7.09. The second-order valence-corrected chi connectivity index (χ2v) is 7.09. The molecule has 4 heteroatoms. The minimum atomic E-state index is -0.0160. The summed E-state index contributed by atoms with van der Waals surface area (Å²) in [7, 11) is 0. The van der Waals surface area contributed by atoms with Gasteiger partial charge >= 0.3 is 5.97 Å². The smallest absolute Gasteiger partial charge is 0.310 e. The average molecular weight is 284 g/mol. The Morgan fingerprint density at radius 1 is 1.45 bits per heavy atom. The number of piperidine rings is 1. The highest BCUT2D eigenvalue weighted by Crippen LogP contribution is 2.19. The van der Waals surface area contributed by atoms with E-state index in [0.717, 1.165) is 39.0 Å². The summed E-state index contributed by atoms with van der Waals surface area (Å²) < 4.78 is 5.15. The third-order valence-electron chi connectivity index (χ3n) is 3.68. The number of rotatable bonds is 6. The predicted molar refractivity (Wildman–Crippen MR) is 82.7 cm³/mol. The van der Waals surface area contributed by atoms with Gasteiger partial charge in [0.2, 0.25) is 0 Å². The second kappa shape index (κ2) is 7.99. The van der Waals surface area contributed by atoms with Crippen molar-refractivity contribution in [2.24, 2.45) is 11.8 Å². The molecular formula is C16H32N2O2. The molecule has 0 aromatic rings. The zero-order chi connectivity index (χ0) is 15.2. The van der Waals surface area contributed by atoms with Gasteiger partial charge in [-0.3, -0.25) is 4.79 Å². The van der Waals surface area contributed by atoms with Gasteiger partial charge in [-0.25, -0.2) is 0 Å². The Morgan fingerprint density at radius 3 is 2.75 bits per heavy atom. The Labute approximate surface area is 124 Å². The first-order valence-corrected chi connectivity index (χ1v) is 7.96. The zero-order valence-corrected chi connectivity index (χ0v) is 13.9. The van der Waals surface area contributed by atoms with E-state index in [2.05, 4.69) is 37.9 Å². The Balaban J connectivity index is 2.34. The number of hydrogen-bond donors (Lipinski definition) is 1. The van der Waals surface area contributed by atoms with E-state index in [9.17, 15) is 4.79 Å². The van der Waals surface area contributed by atoms with Crippen LogP contribution in [0.5, 0.6) is 0 Å². The van der Waals surface area contributed by atoms with Crippen LogP contribution in [0.3, 0.4) is 0 Å². The molecule has 1 heterocycles. The van der Waals surface area contributed by atoms with E-state index in [4.69, 9.17) is 4.74 Å². The third kappa shape index (κ3) is 6.71. The van der Waals surface area contributed by atoms with Gasteiger partial charge in [-0.2, -0.15) is 0 Å². The number of ether oxygens (including phenoxy) is 1. The van der Waals surface area contributed by atoms with Crippen molar-refractivity contribution in [3.8, 4) is 0 Å². The van der Waals surface area contributed by atoms with Crippen molar-refractivity contribution in [3.63, 3.8) is 0 Å². The Hall–Kier alpha value is -0.610. The highest BCUT2D eigenvalue weighted by atomic mass is 16.5. The molecule has 1 aliphatic rings. The molecule has 20 heavy (non-hydrogen) atoms. The van der Waals surface area contributed by atoms with Crippen LogP contribution in [-0.2, 0) is 9.53 Å². The van der Waals surface area contributed by atoms with E-state index in [1.54, 1.807) is 0 Å². The molecule has 0 amide bonds. The number of carbonyl (C=O) groups excluding carboxylic acids is 1. The number of nitrogens with zero attached hydrogens (tertiary/aromatic N) is 1. The predicted octanol–water partition coefficient (Wildman–Crippen LogP) is 2.29. The lowest BCUT2D eigenvalue weighted by Crippen LogP contribution is -2.45. The van der Waals surface area contributed by atoms with Crippen molar-refractivity contribution in [2.45, 2.75) is 53.0 Å². The summed E-state index contributed by atoms with van der Waals surface area (Å²) in [5.74, 6) is 0.652. The van der Waals surface area contributed by atoms with Crippen LogP contribution in [0.1, 0.15) is 47.5 Å². The third-order valence-corrected chi connectivity index (χ3v) is 3.68. The maximum absolute atomic E-state index is 11.8. The molecule has 0 spiro atoms. The van der Waals surface area contributed by atoms with E-state index >= 15 is 0 Å². The molecule has 0 aliphatic carbocycles. The van der Waals surface area contributed by atoms with E-state index in [-0.39, 0.29) is 17.4 Å². The number of carbonyl (C=O) groups is 1. The molecule has 1 saturated heterocycles. The average Bonchev–Trinajstić information content (AvgIpc) is 2.36. The van der Waals surface area contributed by atoms with Crippen LogP contribution in [0.25, 0.3) is 0 Å². The maximum Gasteiger partial charge on any atom is 0.310 e. The molecule has 1 N–H and O–H groups in total. The summed E-state index contributed by atoms with van der Waals surface area (Å²) in [6.07, 6.45) is 2.08. The highest BCUT2D eigenvalue weighted by Gasteiger charge is 2.27. The lowest BCUT2D eigenvalue weighted by molar-refractivity contribution is -0.150. The minimum absolute atomic E-state index is 0.0160. The lowest BCUT2D eigenvalue weighted by Gasteiger charge is -2.34. The molecule has 1 rings (SSSR count). The number of likely N-dealkylation sites (tertiary alicyclic amines) is 1. The summed E-state index contributed by atoms with van der Waals surface area (Å²) in [4.78, 5) is 14.2. The van der Waals surface area contributed by atoms with E-state index in [1.165, 1.54) is 0 Å². The first-order valence-electron chi connectivity index (χ1n) is 7.96. The van der Waals surface area contributed by atoms with Gasteiger partial charge in [0.25, 0.3) is 0 Å². The van der Waals surface area contributed by atoms with Gasteiger partial charge in [-0.05, 0) is 59.5 Å². The van der Waals surface area contributed by atoms with E-state index in [1.807, 2.05) is 6.92 Å². The van der Waals surface area contributed by atoms with E-state index in [0.29, 0.717) is 12.5 Å². The standard InChI is InChI=1S/C16H32N2O2/c1-6-20-15(19)14-8-7-9-18(12-14)11-13(2)10-17-16(3,4)5/h13-14,17H,6-12H2,1-5H3. The van der Waals surface area contributed by atoms with Crippen molar-refractivity contribution in [3.05, 3.63) is 0 Å². The molecule has 1 aliphatic heterocycles. The summed E-state index contributed by atoms with van der Waals surface area (Å²) in [6, 6.07) is 0. The van der Waals surface area contributed by atoms with Gasteiger partial charge in [0.15, 0.2) is 0 Å². The lowest BCUT2D eigenvalue weighted by atomic mass is 9.97. The van der Waals surface area contributed by atoms with Gasteiger partial charge < -0.3 is 15.0 Å². The van der Waals surface area contributed by atoms with Crippen LogP contribution >= 0.6 is 0 Å². The SMILES string of the molecule is CCOC(=O)C1CCCN(CC(C)CNC(C)(C)C)C1. The van der Waals surface area contributed by atoms with Crippen molar-refractivity contribution in [1.29, 1.82) is 0 Å². The molecule has 2 unspecified atom stereocenters. The maximum atomic E-state index is 11.8. The minimum Gasteiger partial charge on any atom is -0.466 e. The van der Waals surface area contributed by atoms with Crippen molar-refractivity contribution in [1.82, 2.24) is 10.2 Å². The summed E-state index contributed by atoms with van der Waals surface area (Å²) in [5.41, 5.74) is 0.170. The molecule has 1 fully saturated rings. The fourth-order valence-electron chi connectivity index (χ4n) is 2.66. The molecule has 0 saturated carbocycles. The van der Waals surface area contributed by atoms with Crippen molar-refractivity contribution in [2.75, 3.05) is 32.8 Å². The van der Waals surface area contributed by atoms with Crippen molar-refractivity contribution < 1.29 is 9.53 Å². The number of nitrogens with one attached hydrogen (secondary N) is 1. The molecule has 118 valence electrons. The molecular weight excluding hydrogens is 252 g/mol. The van der Waals surface area contributed by atoms with Gasteiger partial charge in [0.1, 0.15) is 0 Å². The Kier molecular flexibility index (Phi) is 6.96. The molecule has 0 aromatic carbocycles. The van der Waals surface area contributed by atoms with Crippen LogP contribution in [-0.4, -0.2) is 49.2 Å². The Morgan fingerprint density at radius 2 is 2.15 bits per heavy atom.